The molecule has 6 heteroatoms. The number of fused-ring (bicyclic) bond motifs is 1. The van der Waals surface area contributed by atoms with E-state index in [2.05, 4.69) is 21.5 Å². The zero-order chi connectivity index (χ0) is 14.8. The van der Waals surface area contributed by atoms with E-state index < -0.39 is 0 Å². The number of hydrogen-bond donors (Lipinski definition) is 1. The number of carbonyl (C=O) groups excluding carboxylic acids is 1. The molecule has 106 valence electrons. The van der Waals surface area contributed by atoms with E-state index in [9.17, 15) is 4.79 Å². The summed E-state index contributed by atoms with van der Waals surface area (Å²) in [4.78, 5) is 16.3. The van der Waals surface area contributed by atoms with Crippen molar-refractivity contribution < 1.29 is 4.79 Å². The van der Waals surface area contributed by atoms with Crippen LogP contribution in [-0.4, -0.2) is 20.7 Å². The van der Waals surface area contributed by atoms with E-state index in [-0.39, 0.29) is 5.91 Å². The van der Waals surface area contributed by atoms with Gasteiger partial charge in [0, 0.05) is 19.3 Å². The number of amides is 1. The van der Waals surface area contributed by atoms with E-state index in [1.807, 2.05) is 32.2 Å². The van der Waals surface area contributed by atoms with Gasteiger partial charge in [-0.05, 0) is 36.8 Å². The molecule has 2 aromatic heterocycles. The number of rotatable bonds is 3. The van der Waals surface area contributed by atoms with Crippen LogP contribution in [0.1, 0.15) is 11.3 Å². The first kappa shape index (κ1) is 13.5. The lowest BCUT2D eigenvalue weighted by atomic mass is 10.2. The fourth-order valence-corrected chi connectivity index (χ4v) is 2.91. The van der Waals surface area contributed by atoms with E-state index in [1.165, 1.54) is 23.0 Å². The fraction of sp³-hybridized carbons (Fsp3) is 0.133. The highest BCUT2D eigenvalue weighted by atomic mass is 32.1. The van der Waals surface area contributed by atoms with Crippen molar-refractivity contribution in [2.45, 2.75) is 6.92 Å². The van der Waals surface area contributed by atoms with Gasteiger partial charge in [-0.1, -0.05) is 17.4 Å². The Balaban J connectivity index is 1.74. The molecule has 1 amide bonds. The molecule has 0 atom stereocenters. The number of aryl methyl sites for hydroxylation is 2. The van der Waals surface area contributed by atoms with E-state index in [0.29, 0.717) is 5.13 Å². The summed E-state index contributed by atoms with van der Waals surface area (Å²) in [5.41, 5.74) is 2.95. The van der Waals surface area contributed by atoms with Crippen molar-refractivity contribution in [1.29, 1.82) is 0 Å². The smallest absolute Gasteiger partial charge is 0.250 e. The SMILES string of the molecule is Cc1ccc2nc(NC(=O)C=Cc3ccnn3C)sc2c1. The zero-order valence-electron chi connectivity index (χ0n) is 11.7. The van der Waals surface area contributed by atoms with Crippen LogP contribution in [-0.2, 0) is 11.8 Å². The normalized spacial score (nSPS) is 11.3. The van der Waals surface area contributed by atoms with Gasteiger partial charge in [0.15, 0.2) is 5.13 Å². The van der Waals surface area contributed by atoms with Crippen molar-refractivity contribution in [2.24, 2.45) is 7.05 Å². The highest BCUT2D eigenvalue weighted by Gasteiger charge is 2.06. The molecule has 3 aromatic rings. The van der Waals surface area contributed by atoms with Crippen LogP contribution in [0.25, 0.3) is 16.3 Å². The summed E-state index contributed by atoms with van der Waals surface area (Å²) in [5.74, 6) is -0.202. The standard InChI is InChI=1S/C15H14N4OS/c1-10-3-5-12-13(9-10)21-15(17-12)18-14(20)6-4-11-7-8-16-19(11)2/h3-9H,1-2H3,(H,17,18,20). The first-order valence-corrected chi connectivity index (χ1v) is 7.28. The fourth-order valence-electron chi connectivity index (χ4n) is 1.94. The molecule has 3 rings (SSSR count). The van der Waals surface area contributed by atoms with Crippen molar-refractivity contribution >= 4 is 38.7 Å². The molecule has 0 radical (unpaired) electrons. The Kier molecular flexibility index (Phi) is 3.53. The van der Waals surface area contributed by atoms with Gasteiger partial charge in [-0.3, -0.25) is 14.8 Å². The van der Waals surface area contributed by atoms with Gasteiger partial charge in [-0.25, -0.2) is 4.98 Å². The molecule has 0 saturated carbocycles. The highest BCUT2D eigenvalue weighted by molar-refractivity contribution is 7.22. The van der Waals surface area contributed by atoms with Crippen LogP contribution in [0.15, 0.2) is 36.5 Å². The molecule has 5 nitrogen and oxygen atoms in total. The molecular formula is C15H14N4OS. The van der Waals surface area contributed by atoms with Crippen LogP contribution < -0.4 is 5.32 Å². The number of thiazole rings is 1. The van der Waals surface area contributed by atoms with Crippen LogP contribution in [0.2, 0.25) is 0 Å². The third-order valence-electron chi connectivity index (χ3n) is 3.04. The van der Waals surface area contributed by atoms with E-state index in [0.717, 1.165) is 15.9 Å². The molecule has 1 aromatic carbocycles. The molecular weight excluding hydrogens is 284 g/mol. The monoisotopic (exact) mass is 298 g/mol. The van der Waals surface area contributed by atoms with Crippen molar-refractivity contribution in [2.75, 3.05) is 5.32 Å². The second-order valence-electron chi connectivity index (χ2n) is 4.69. The molecule has 0 aliphatic rings. The van der Waals surface area contributed by atoms with Crippen molar-refractivity contribution in [3.63, 3.8) is 0 Å². The predicted molar refractivity (Wildman–Crippen MR) is 85.2 cm³/mol. The minimum Gasteiger partial charge on any atom is -0.298 e. The van der Waals surface area contributed by atoms with Gasteiger partial charge >= 0.3 is 0 Å². The number of nitrogens with zero attached hydrogens (tertiary/aromatic N) is 3. The van der Waals surface area contributed by atoms with Gasteiger partial charge in [0.05, 0.1) is 15.9 Å². The summed E-state index contributed by atoms with van der Waals surface area (Å²) in [6.45, 7) is 2.04. The Morgan fingerprint density at radius 2 is 2.24 bits per heavy atom. The summed E-state index contributed by atoms with van der Waals surface area (Å²) in [6, 6.07) is 7.87. The van der Waals surface area contributed by atoms with Crippen molar-refractivity contribution in [1.82, 2.24) is 14.8 Å². The highest BCUT2D eigenvalue weighted by Crippen LogP contribution is 2.26. The Labute approximate surface area is 125 Å². The number of aromatic nitrogens is 3. The van der Waals surface area contributed by atoms with Crippen LogP contribution in [0.4, 0.5) is 5.13 Å². The van der Waals surface area contributed by atoms with Crippen molar-refractivity contribution in [3.05, 3.63) is 47.8 Å². The largest absolute Gasteiger partial charge is 0.298 e. The topological polar surface area (TPSA) is 59.8 Å². The Bertz CT molecular complexity index is 831. The summed E-state index contributed by atoms with van der Waals surface area (Å²) >= 11 is 1.47. The van der Waals surface area contributed by atoms with Gasteiger partial charge in [-0.15, -0.1) is 0 Å². The Morgan fingerprint density at radius 1 is 1.38 bits per heavy atom. The molecule has 0 bridgehead atoms. The van der Waals surface area contributed by atoms with Gasteiger partial charge in [-0.2, -0.15) is 5.10 Å². The molecule has 21 heavy (non-hydrogen) atoms. The molecule has 0 aliphatic carbocycles. The maximum atomic E-state index is 11.9. The zero-order valence-corrected chi connectivity index (χ0v) is 12.5. The van der Waals surface area contributed by atoms with Gasteiger partial charge < -0.3 is 0 Å². The summed E-state index contributed by atoms with van der Waals surface area (Å²) in [6.07, 6.45) is 4.89. The average Bonchev–Trinajstić information content (AvgIpc) is 3.01. The third kappa shape index (κ3) is 3.00. The molecule has 0 saturated heterocycles. The van der Waals surface area contributed by atoms with Crippen molar-refractivity contribution in [3.8, 4) is 0 Å². The molecule has 0 unspecified atom stereocenters. The Morgan fingerprint density at radius 3 is 3.00 bits per heavy atom. The number of hydrogen-bond acceptors (Lipinski definition) is 4. The van der Waals surface area contributed by atoms with Crippen LogP contribution in [0, 0.1) is 6.92 Å². The summed E-state index contributed by atoms with van der Waals surface area (Å²) in [7, 11) is 1.83. The first-order valence-electron chi connectivity index (χ1n) is 6.46. The molecule has 2 heterocycles. The van der Waals surface area contributed by atoms with Gasteiger partial charge in [0.25, 0.3) is 0 Å². The lowest BCUT2D eigenvalue weighted by Crippen LogP contribution is -2.07. The molecule has 0 fully saturated rings. The van der Waals surface area contributed by atoms with E-state index in [1.54, 1.807) is 17.0 Å². The van der Waals surface area contributed by atoms with E-state index >= 15 is 0 Å². The summed E-state index contributed by atoms with van der Waals surface area (Å²) < 4.78 is 2.77. The maximum Gasteiger partial charge on any atom is 0.250 e. The molecule has 0 spiro atoms. The molecule has 1 N–H and O–H groups in total. The summed E-state index contributed by atoms with van der Waals surface area (Å²) in [5, 5.41) is 7.43. The maximum absolute atomic E-state index is 11.9. The number of nitrogens with one attached hydrogen (secondary N) is 1. The minimum atomic E-state index is -0.202. The predicted octanol–water partition coefficient (Wildman–Crippen LogP) is 2.99. The number of anilines is 1. The van der Waals surface area contributed by atoms with Gasteiger partial charge in [0.2, 0.25) is 5.91 Å². The quantitative estimate of drug-likeness (QED) is 0.756. The second-order valence-corrected chi connectivity index (χ2v) is 5.72. The lowest BCUT2D eigenvalue weighted by Gasteiger charge is -1.96. The second kappa shape index (κ2) is 5.49. The van der Waals surface area contributed by atoms with Crippen LogP contribution in [0.5, 0.6) is 0 Å². The first-order chi connectivity index (χ1) is 10.1. The van der Waals surface area contributed by atoms with Gasteiger partial charge in [0.1, 0.15) is 0 Å². The van der Waals surface area contributed by atoms with E-state index in [4.69, 9.17) is 0 Å². The minimum absolute atomic E-state index is 0.202. The number of benzene rings is 1. The molecule has 0 aliphatic heterocycles. The average molecular weight is 298 g/mol. The lowest BCUT2D eigenvalue weighted by molar-refractivity contribution is -0.111. The van der Waals surface area contributed by atoms with Crippen LogP contribution in [0.3, 0.4) is 0 Å². The number of carbonyl (C=O) groups is 1. The third-order valence-corrected chi connectivity index (χ3v) is 3.97. The Hall–Kier alpha value is -2.47. The van der Waals surface area contributed by atoms with Crippen LogP contribution >= 0.6 is 11.3 Å².